The van der Waals surface area contributed by atoms with Crippen molar-refractivity contribution in [3.8, 4) is 11.5 Å². The van der Waals surface area contributed by atoms with Crippen LogP contribution in [-0.4, -0.2) is 11.1 Å². The van der Waals surface area contributed by atoms with Gasteiger partial charge in [0.2, 0.25) is 0 Å². The second kappa shape index (κ2) is 10.9. The van der Waals surface area contributed by atoms with Crippen molar-refractivity contribution < 1.29 is 14.6 Å². The number of hydrogen-bond donors (Lipinski definition) is 1. The van der Waals surface area contributed by atoms with Crippen LogP contribution in [0.1, 0.15) is 142 Å². The summed E-state index contributed by atoms with van der Waals surface area (Å²) in [4.78, 5) is 12.7. The molecule has 210 valence electrons. The second-order valence-electron chi connectivity index (χ2n) is 14.9. The van der Waals surface area contributed by atoms with Gasteiger partial charge in [-0.05, 0) is 44.8 Å². The molecule has 2 rings (SSSR count). The van der Waals surface area contributed by atoms with Crippen molar-refractivity contribution >= 4 is 5.97 Å². The molecule has 0 amide bonds. The molecule has 0 spiro atoms. The minimum absolute atomic E-state index is 0.0961. The fourth-order valence-corrected chi connectivity index (χ4v) is 4.85. The summed E-state index contributed by atoms with van der Waals surface area (Å²) in [5.74, 6) is 0.299. The van der Waals surface area contributed by atoms with Crippen molar-refractivity contribution in [2.45, 2.75) is 130 Å². The highest BCUT2D eigenvalue weighted by Crippen LogP contribution is 2.48. The van der Waals surface area contributed by atoms with Crippen LogP contribution in [0.4, 0.5) is 0 Å². The normalized spacial score (nSPS) is 13.8. The molecule has 0 saturated carbocycles. The Balaban J connectivity index is 3.13. The maximum Gasteiger partial charge on any atom is 0.335 e. The molecule has 0 saturated heterocycles. The molecule has 1 atom stereocenters. The van der Waals surface area contributed by atoms with E-state index in [0.717, 1.165) is 35.1 Å². The van der Waals surface area contributed by atoms with Gasteiger partial charge in [-0.1, -0.05) is 127 Å². The third-order valence-corrected chi connectivity index (χ3v) is 7.30. The molecule has 3 nitrogen and oxygen atoms in total. The summed E-state index contributed by atoms with van der Waals surface area (Å²) in [6.07, 6.45) is 2.94. The summed E-state index contributed by atoms with van der Waals surface area (Å²) in [7, 11) is 0. The van der Waals surface area contributed by atoms with Gasteiger partial charge in [0.15, 0.2) is 0 Å². The van der Waals surface area contributed by atoms with E-state index < -0.39 is 5.97 Å². The summed E-state index contributed by atoms with van der Waals surface area (Å²) in [5.41, 5.74) is 5.41. The lowest BCUT2D eigenvalue weighted by Gasteiger charge is -2.33. The number of phenolic OH excluding ortho intramolecular Hbond substituents is 1. The Morgan fingerprint density at radius 1 is 0.789 bits per heavy atom. The van der Waals surface area contributed by atoms with Crippen molar-refractivity contribution in [2.24, 2.45) is 0 Å². The van der Waals surface area contributed by atoms with Gasteiger partial charge in [0, 0.05) is 28.7 Å². The molecule has 38 heavy (non-hydrogen) atoms. The van der Waals surface area contributed by atoms with Crippen LogP contribution >= 0.6 is 0 Å². The Morgan fingerprint density at radius 3 is 1.63 bits per heavy atom. The van der Waals surface area contributed by atoms with Crippen LogP contribution in [0.15, 0.2) is 36.9 Å². The van der Waals surface area contributed by atoms with Crippen LogP contribution in [0, 0.1) is 0 Å². The molecule has 1 N–H and O–H groups in total. The average molecular weight is 521 g/mol. The fourth-order valence-electron chi connectivity index (χ4n) is 4.85. The molecule has 3 heteroatoms. The summed E-state index contributed by atoms with van der Waals surface area (Å²) in [6.45, 7) is 31.9. The van der Waals surface area contributed by atoms with E-state index in [-0.39, 0.29) is 27.6 Å². The zero-order chi connectivity index (χ0) is 29.4. The predicted molar refractivity (Wildman–Crippen MR) is 162 cm³/mol. The van der Waals surface area contributed by atoms with E-state index in [2.05, 4.69) is 121 Å². The minimum atomic E-state index is -0.474. The Hall–Kier alpha value is -2.55. The summed E-state index contributed by atoms with van der Waals surface area (Å²) in [5, 5.41) is 11.8. The fraction of sp³-hybridized carbons (Fsp3) is 0.571. The van der Waals surface area contributed by atoms with E-state index in [9.17, 15) is 9.90 Å². The largest absolute Gasteiger partial charge is 0.507 e. The van der Waals surface area contributed by atoms with E-state index in [1.807, 2.05) is 0 Å². The molecular weight excluding hydrogens is 468 g/mol. The molecule has 0 aliphatic heterocycles. The molecule has 0 aromatic heterocycles. The van der Waals surface area contributed by atoms with Crippen LogP contribution in [0.3, 0.4) is 0 Å². The van der Waals surface area contributed by atoms with E-state index in [1.165, 1.54) is 17.2 Å². The highest BCUT2D eigenvalue weighted by molar-refractivity contribution is 5.84. The molecule has 0 fully saturated rings. The number of carbonyl (C=O) groups excluding carboxylic acids is 1. The van der Waals surface area contributed by atoms with Crippen LogP contribution in [0.25, 0.3) is 0 Å². The second-order valence-corrected chi connectivity index (χ2v) is 14.9. The average Bonchev–Trinajstić information content (AvgIpc) is 2.74. The molecule has 0 aliphatic carbocycles. The first-order chi connectivity index (χ1) is 17.1. The summed E-state index contributed by atoms with van der Waals surface area (Å²) in [6, 6.07) is 8.71. The maximum atomic E-state index is 12.7. The van der Waals surface area contributed by atoms with Crippen LogP contribution in [-0.2, 0) is 26.5 Å². The number of phenols is 1. The number of esters is 1. The summed E-state index contributed by atoms with van der Waals surface area (Å²) >= 11 is 0. The van der Waals surface area contributed by atoms with E-state index in [4.69, 9.17) is 4.74 Å². The molecular formula is C35H52O3. The van der Waals surface area contributed by atoms with E-state index in [1.54, 1.807) is 0 Å². The quantitative estimate of drug-likeness (QED) is 0.234. The molecule has 0 bridgehead atoms. The highest BCUT2D eigenvalue weighted by Gasteiger charge is 2.33. The van der Waals surface area contributed by atoms with Crippen molar-refractivity contribution in [2.75, 3.05) is 0 Å². The lowest BCUT2D eigenvalue weighted by Crippen LogP contribution is -2.22. The number of benzene rings is 2. The smallest absolute Gasteiger partial charge is 0.335 e. The van der Waals surface area contributed by atoms with Gasteiger partial charge in [-0.2, -0.15) is 0 Å². The van der Waals surface area contributed by atoms with Crippen LogP contribution in [0.2, 0.25) is 0 Å². The first kappa shape index (κ1) is 31.7. The topological polar surface area (TPSA) is 46.5 Å². The van der Waals surface area contributed by atoms with Gasteiger partial charge >= 0.3 is 5.97 Å². The van der Waals surface area contributed by atoms with Gasteiger partial charge in [0.25, 0.3) is 0 Å². The first-order valence-electron chi connectivity index (χ1n) is 14.0. The van der Waals surface area contributed by atoms with Crippen molar-refractivity contribution in [1.29, 1.82) is 0 Å². The van der Waals surface area contributed by atoms with E-state index in [0.29, 0.717) is 11.5 Å². The van der Waals surface area contributed by atoms with Gasteiger partial charge < -0.3 is 9.84 Å². The number of rotatable bonds is 6. The maximum absolute atomic E-state index is 12.7. The Morgan fingerprint density at radius 2 is 1.24 bits per heavy atom. The van der Waals surface area contributed by atoms with Gasteiger partial charge in [0.1, 0.15) is 11.5 Å². The van der Waals surface area contributed by atoms with Crippen molar-refractivity contribution in [3.05, 3.63) is 70.3 Å². The molecule has 0 heterocycles. The standard InChI is InChI=1S/C35H52O3/c1-15-17-24(25-18-22(32(3,4)5)20-27(30(25)37)34(9,10)11)26-19-23(33(6,7)8)21-28(35(12,13)14)31(26)38-29(36)16-2/h16,18-21,24,37H,2,15,17H2,1,3-14H3. The Kier molecular flexibility index (Phi) is 9.09. The number of ether oxygens (including phenoxy) is 1. The van der Waals surface area contributed by atoms with Gasteiger partial charge in [0.05, 0.1) is 0 Å². The number of aromatic hydroxyl groups is 1. The minimum Gasteiger partial charge on any atom is -0.507 e. The molecule has 1 unspecified atom stereocenters. The highest BCUT2D eigenvalue weighted by atomic mass is 16.5. The molecule has 2 aromatic rings. The van der Waals surface area contributed by atoms with E-state index >= 15 is 0 Å². The monoisotopic (exact) mass is 520 g/mol. The van der Waals surface area contributed by atoms with Crippen molar-refractivity contribution in [3.63, 3.8) is 0 Å². The third-order valence-electron chi connectivity index (χ3n) is 7.30. The zero-order valence-corrected chi connectivity index (χ0v) is 26.3. The van der Waals surface area contributed by atoms with Gasteiger partial charge in [-0.3, -0.25) is 0 Å². The molecule has 2 aromatic carbocycles. The Labute approximate surface area is 232 Å². The van der Waals surface area contributed by atoms with Crippen molar-refractivity contribution in [1.82, 2.24) is 0 Å². The zero-order valence-electron chi connectivity index (χ0n) is 26.3. The first-order valence-corrected chi connectivity index (χ1v) is 14.0. The van der Waals surface area contributed by atoms with Gasteiger partial charge in [-0.15, -0.1) is 0 Å². The Bertz CT molecular complexity index is 1170. The lowest BCUT2D eigenvalue weighted by molar-refractivity contribution is -0.129. The number of carbonyl (C=O) groups is 1. The third kappa shape index (κ3) is 7.10. The van der Waals surface area contributed by atoms with Crippen LogP contribution < -0.4 is 4.74 Å². The molecule has 0 radical (unpaired) electrons. The van der Waals surface area contributed by atoms with Gasteiger partial charge in [-0.25, -0.2) is 4.79 Å². The SMILES string of the molecule is C=CC(=O)Oc1c(C(CCC)c2cc(C(C)(C)C)cc(C(C)(C)C)c2O)cc(C(C)(C)C)cc1C(C)(C)C. The number of hydrogen-bond acceptors (Lipinski definition) is 3. The molecule has 0 aliphatic rings. The van der Waals surface area contributed by atoms with Crippen LogP contribution in [0.5, 0.6) is 11.5 Å². The lowest BCUT2D eigenvalue weighted by atomic mass is 9.73. The predicted octanol–water partition coefficient (Wildman–Crippen LogP) is 9.61. The summed E-state index contributed by atoms with van der Waals surface area (Å²) < 4.78 is 6.07.